The molecule has 0 aliphatic carbocycles. The molecule has 5 heteroatoms. The standard InChI is InChI=1S/C15H19FN4/c1-4-17-14-13(10(2)3)15(19-9-18-14)20-12-7-5-11(16)6-8-12/h5-10H,4H2,1-3H3,(H2,17,18,19,20). The summed E-state index contributed by atoms with van der Waals surface area (Å²) >= 11 is 0. The molecule has 1 aromatic heterocycles. The highest BCUT2D eigenvalue weighted by Gasteiger charge is 2.14. The SMILES string of the molecule is CCNc1ncnc(Nc2ccc(F)cc2)c1C(C)C. The van der Waals surface area contributed by atoms with Crippen LogP contribution in [0.1, 0.15) is 32.3 Å². The number of nitrogens with one attached hydrogen (secondary N) is 2. The van der Waals surface area contributed by atoms with E-state index in [1.54, 1.807) is 12.1 Å². The fourth-order valence-electron chi connectivity index (χ4n) is 2.02. The number of aromatic nitrogens is 2. The van der Waals surface area contributed by atoms with Gasteiger partial charge in [-0.2, -0.15) is 0 Å². The van der Waals surface area contributed by atoms with E-state index in [-0.39, 0.29) is 11.7 Å². The predicted molar refractivity (Wildman–Crippen MR) is 80.0 cm³/mol. The first-order chi connectivity index (χ1) is 9.61. The second-order valence-corrected chi connectivity index (χ2v) is 4.80. The van der Waals surface area contributed by atoms with Gasteiger partial charge in [0.15, 0.2) is 0 Å². The minimum Gasteiger partial charge on any atom is -0.370 e. The van der Waals surface area contributed by atoms with Crippen molar-refractivity contribution >= 4 is 17.3 Å². The number of anilines is 3. The van der Waals surface area contributed by atoms with Crippen LogP contribution in [-0.4, -0.2) is 16.5 Å². The van der Waals surface area contributed by atoms with Crippen LogP contribution >= 0.6 is 0 Å². The molecule has 0 radical (unpaired) electrons. The van der Waals surface area contributed by atoms with Crippen LogP contribution in [0.15, 0.2) is 30.6 Å². The Morgan fingerprint density at radius 2 is 1.75 bits per heavy atom. The minimum absolute atomic E-state index is 0.254. The highest BCUT2D eigenvalue weighted by atomic mass is 19.1. The quantitative estimate of drug-likeness (QED) is 0.867. The Kier molecular flexibility index (Phi) is 4.50. The Morgan fingerprint density at radius 1 is 1.10 bits per heavy atom. The highest BCUT2D eigenvalue weighted by molar-refractivity contribution is 5.65. The van der Waals surface area contributed by atoms with E-state index >= 15 is 0 Å². The molecule has 0 aliphatic heterocycles. The monoisotopic (exact) mass is 274 g/mol. The van der Waals surface area contributed by atoms with Gasteiger partial charge in [0.25, 0.3) is 0 Å². The summed E-state index contributed by atoms with van der Waals surface area (Å²) in [7, 11) is 0. The maximum Gasteiger partial charge on any atom is 0.139 e. The Hall–Kier alpha value is -2.17. The molecule has 0 atom stereocenters. The van der Waals surface area contributed by atoms with E-state index in [9.17, 15) is 4.39 Å². The molecule has 0 aliphatic rings. The molecule has 0 spiro atoms. The summed E-state index contributed by atoms with van der Waals surface area (Å²) in [4.78, 5) is 8.59. The summed E-state index contributed by atoms with van der Waals surface area (Å²) in [6.45, 7) is 7.01. The molecule has 0 amide bonds. The van der Waals surface area contributed by atoms with Gasteiger partial charge >= 0.3 is 0 Å². The minimum atomic E-state index is -0.254. The van der Waals surface area contributed by atoms with E-state index in [4.69, 9.17) is 0 Å². The molecular weight excluding hydrogens is 255 g/mol. The van der Waals surface area contributed by atoms with E-state index in [2.05, 4.69) is 34.4 Å². The summed E-state index contributed by atoms with van der Waals surface area (Å²) in [5.41, 5.74) is 1.83. The predicted octanol–water partition coefficient (Wildman–Crippen LogP) is 3.91. The first-order valence-electron chi connectivity index (χ1n) is 6.73. The summed E-state index contributed by atoms with van der Waals surface area (Å²) in [6, 6.07) is 6.22. The Balaban J connectivity index is 2.35. The van der Waals surface area contributed by atoms with Gasteiger partial charge in [0.1, 0.15) is 23.8 Å². The number of halogens is 1. The van der Waals surface area contributed by atoms with Crippen molar-refractivity contribution in [3.05, 3.63) is 42.0 Å². The van der Waals surface area contributed by atoms with Crippen LogP contribution in [-0.2, 0) is 0 Å². The van der Waals surface area contributed by atoms with Crippen LogP contribution in [0.5, 0.6) is 0 Å². The second-order valence-electron chi connectivity index (χ2n) is 4.80. The molecule has 20 heavy (non-hydrogen) atoms. The summed E-state index contributed by atoms with van der Waals surface area (Å²) in [5.74, 6) is 1.60. The zero-order chi connectivity index (χ0) is 14.5. The number of nitrogens with zero attached hydrogens (tertiary/aromatic N) is 2. The third-order valence-electron chi connectivity index (χ3n) is 2.91. The molecule has 2 N–H and O–H groups in total. The second kappa shape index (κ2) is 6.32. The average molecular weight is 274 g/mol. The smallest absolute Gasteiger partial charge is 0.139 e. The summed E-state index contributed by atoms with van der Waals surface area (Å²) in [5, 5.41) is 6.46. The Labute approximate surface area is 118 Å². The van der Waals surface area contributed by atoms with Gasteiger partial charge in [-0.3, -0.25) is 0 Å². The number of rotatable bonds is 5. The molecule has 106 valence electrons. The van der Waals surface area contributed by atoms with E-state index in [0.717, 1.165) is 29.4 Å². The topological polar surface area (TPSA) is 49.8 Å². The van der Waals surface area contributed by atoms with Crippen LogP contribution in [0.25, 0.3) is 0 Å². The maximum atomic E-state index is 12.9. The van der Waals surface area contributed by atoms with Gasteiger partial charge in [0.05, 0.1) is 0 Å². The van der Waals surface area contributed by atoms with Crippen molar-refractivity contribution in [2.45, 2.75) is 26.7 Å². The molecule has 0 unspecified atom stereocenters. The molecule has 0 fully saturated rings. The molecule has 2 rings (SSSR count). The highest BCUT2D eigenvalue weighted by Crippen LogP contribution is 2.30. The van der Waals surface area contributed by atoms with Gasteiger partial charge < -0.3 is 10.6 Å². The molecule has 1 heterocycles. The molecule has 4 nitrogen and oxygen atoms in total. The van der Waals surface area contributed by atoms with E-state index < -0.39 is 0 Å². The lowest BCUT2D eigenvalue weighted by Gasteiger charge is -2.17. The summed E-state index contributed by atoms with van der Waals surface area (Å²) < 4.78 is 12.9. The third kappa shape index (κ3) is 3.23. The van der Waals surface area contributed by atoms with E-state index in [1.807, 2.05) is 6.92 Å². The average Bonchev–Trinajstić information content (AvgIpc) is 2.41. The number of hydrogen-bond acceptors (Lipinski definition) is 4. The van der Waals surface area contributed by atoms with Crippen LogP contribution in [0.2, 0.25) is 0 Å². The van der Waals surface area contributed by atoms with Gasteiger partial charge in [-0.15, -0.1) is 0 Å². The lowest BCUT2D eigenvalue weighted by molar-refractivity contribution is 0.628. The fourth-order valence-corrected chi connectivity index (χ4v) is 2.02. The fraction of sp³-hybridized carbons (Fsp3) is 0.333. The number of hydrogen-bond donors (Lipinski definition) is 2. The van der Waals surface area contributed by atoms with Gasteiger partial charge in [-0.25, -0.2) is 14.4 Å². The molecular formula is C15H19FN4. The van der Waals surface area contributed by atoms with Gasteiger partial charge in [-0.1, -0.05) is 13.8 Å². The molecule has 0 saturated heterocycles. The largest absolute Gasteiger partial charge is 0.370 e. The molecule has 2 aromatic rings. The lowest BCUT2D eigenvalue weighted by Crippen LogP contribution is -2.09. The van der Waals surface area contributed by atoms with Crippen molar-refractivity contribution in [1.82, 2.24) is 9.97 Å². The van der Waals surface area contributed by atoms with Crippen molar-refractivity contribution < 1.29 is 4.39 Å². The Morgan fingerprint density at radius 3 is 2.35 bits per heavy atom. The zero-order valence-electron chi connectivity index (χ0n) is 11.9. The van der Waals surface area contributed by atoms with Crippen LogP contribution in [0.4, 0.5) is 21.7 Å². The number of benzene rings is 1. The van der Waals surface area contributed by atoms with Crippen molar-refractivity contribution in [3.63, 3.8) is 0 Å². The zero-order valence-corrected chi connectivity index (χ0v) is 11.9. The van der Waals surface area contributed by atoms with Gasteiger partial charge in [0.2, 0.25) is 0 Å². The maximum absolute atomic E-state index is 12.9. The van der Waals surface area contributed by atoms with Crippen LogP contribution in [0.3, 0.4) is 0 Å². The van der Waals surface area contributed by atoms with Crippen LogP contribution in [0, 0.1) is 5.82 Å². The van der Waals surface area contributed by atoms with Crippen molar-refractivity contribution in [3.8, 4) is 0 Å². The lowest BCUT2D eigenvalue weighted by atomic mass is 10.0. The van der Waals surface area contributed by atoms with Crippen molar-refractivity contribution in [2.24, 2.45) is 0 Å². The molecule has 0 bridgehead atoms. The van der Waals surface area contributed by atoms with Gasteiger partial charge in [0, 0.05) is 17.8 Å². The normalized spacial score (nSPS) is 10.7. The van der Waals surface area contributed by atoms with E-state index in [0.29, 0.717) is 0 Å². The van der Waals surface area contributed by atoms with Crippen molar-refractivity contribution in [2.75, 3.05) is 17.2 Å². The first-order valence-corrected chi connectivity index (χ1v) is 6.73. The summed E-state index contributed by atoms with van der Waals surface area (Å²) in [6.07, 6.45) is 1.52. The Bertz CT molecular complexity index is 567. The van der Waals surface area contributed by atoms with Gasteiger partial charge in [-0.05, 0) is 37.1 Å². The van der Waals surface area contributed by atoms with Crippen molar-refractivity contribution in [1.29, 1.82) is 0 Å². The molecule has 0 saturated carbocycles. The van der Waals surface area contributed by atoms with Crippen LogP contribution < -0.4 is 10.6 Å². The first kappa shape index (κ1) is 14.2. The molecule has 1 aromatic carbocycles. The van der Waals surface area contributed by atoms with E-state index in [1.165, 1.54) is 18.5 Å². The third-order valence-corrected chi connectivity index (χ3v) is 2.91.